The van der Waals surface area contributed by atoms with Gasteiger partial charge in [-0.25, -0.2) is 9.78 Å². The van der Waals surface area contributed by atoms with Gasteiger partial charge >= 0.3 is 5.97 Å². The predicted molar refractivity (Wildman–Crippen MR) is 119 cm³/mol. The summed E-state index contributed by atoms with van der Waals surface area (Å²) in [5.41, 5.74) is -1.98. The van der Waals surface area contributed by atoms with E-state index < -0.39 is 29.6 Å². The number of nitrogens with zero attached hydrogens (tertiary/aromatic N) is 3. The lowest BCUT2D eigenvalue weighted by Gasteiger charge is -2.27. The average Bonchev–Trinajstić information content (AvgIpc) is 2.75. The number of pyridine rings is 1. The van der Waals surface area contributed by atoms with E-state index in [0.717, 1.165) is 11.8 Å². The zero-order valence-corrected chi connectivity index (χ0v) is 20.0. The first-order valence-electron chi connectivity index (χ1n) is 10.1. The van der Waals surface area contributed by atoms with E-state index in [2.05, 4.69) is 21.7 Å². The van der Waals surface area contributed by atoms with Crippen molar-refractivity contribution < 1.29 is 19.1 Å². The fourth-order valence-electron chi connectivity index (χ4n) is 2.26. The zero-order valence-electron chi connectivity index (χ0n) is 19.2. The molecule has 10 heteroatoms. The lowest BCUT2D eigenvalue weighted by atomic mass is 9.90. The molecule has 172 valence electrons. The van der Waals surface area contributed by atoms with Crippen molar-refractivity contribution in [2.45, 2.75) is 57.6 Å². The standard InChI is InChI=1S/C22H29N5O4S/c1-14(2)21(5,12-23)26-17(28)10-31-20(30)16-8-7-9-25-19(16)32-11-18(29)27-22(6,13-24)15(3)4/h7-9,14-15H,10-11H2,1-6H3,(H,26,28)(H,27,29)/t21-,22-/m1/s1. The van der Waals surface area contributed by atoms with Crippen LogP contribution in [0.5, 0.6) is 0 Å². The number of esters is 1. The summed E-state index contributed by atoms with van der Waals surface area (Å²) in [5, 5.41) is 24.1. The van der Waals surface area contributed by atoms with Crippen LogP contribution in [-0.4, -0.2) is 46.2 Å². The second kappa shape index (κ2) is 11.5. The van der Waals surface area contributed by atoms with Gasteiger partial charge in [-0.2, -0.15) is 10.5 Å². The van der Waals surface area contributed by atoms with Crippen LogP contribution in [0.1, 0.15) is 51.9 Å². The summed E-state index contributed by atoms with van der Waals surface area (Å²) in [4.78, 5) is 41.0. The smallest absolute Gasteiger partial charge is 0.341 e. The third-order valence-corrected chi connectivity index (χ3v) is 6.24. The van der Waals surface area contributed by atoms with E-state index in [1.807, 2.05) is 19.9 Å². The van der Waals surface area contributed by atoms with Gasteiger partial charge in [0.25, 0.3) is 5.91 Å². The monoisotopic (exact) mass is 459 g/mol. The molecule has 0 bridgehead atoms. The molecule has 2 amide bonds. The second-order valence-electron chi connectivity index (χ2n) is 8.25. The molecule has 2 N–H and O–H groups in total. The Morgan fingerprint density at radius 3 is 2.09 bits per heavy atom. The first kappa shape index (κ1) is 26.9. The molecule has 0 aliphatic rings. The molecule has 1 aromatic rings. The normalized spacial score (nSPS) is 14.4. The van der Waals surface area contributed by atoms with Crippen molar-refractivity contribution >= 4 is 29.5 Å². The highest BCUT2D eigenvalue weighted by molar-refractivity contribution is 8.00. The summed E-state index contributed by atoms with van der Waals surface area (Å²) in [6.45, 7) is 9.94. The van der Waals surface area contributed by atoms with E-state index >= 15 is 0 Å². The van der Waals surface area contributed by atoms with Crippen LogP contribution < -0.4 is 10.6 Å². The van der Waals surface area contributed by atoms with Gasteiger partial charge in [-0.3, -0.25) is 9.59 Å². The topological polar surface area (TPSA) is 145 Å². The van der Waals surface area contributed by atoms with Crippen LogP contribution in [0.25, 0.3) is 0 Å². The van der Waals surface area contributed by atoms with Crippen LogP contribution in [-0.2, 0) is 14.3 Å². The minimum atomic E-state index is -1.08. The Hall–Kier alpha value is -3.11. The van der Waals surface area contributed by atoms with Crippen molar-refractivity contribution in [3.63, 3.8) is 0 Å². The van der Waals surface area contributed by atoms with Gasteiger partial charge in [0.15, 0.2) is 6.61 Å². The van der Waals surface area contributed by atoms with Crippen LogP contribution in [0.4, 0.5) is 0 Å². The van der Waals surface area contributed by atoms with Gasteiger partial charge in [0, 0.05) is 6.20 Å². The van der Waals surface area contributed by atoms with Crippen LogP contribution >= 0.6 is 11.8 Å². The van der Waals surface area contributed by atoms with Gasteiger partial charge in [-0.05, 0) is 37.8 Å². The van der Waals surface area contributed by atoms with Crippen molar-refractivity contribution in [3.8, 4) is 12.1 Å². The number of thioether (sulfide) groups is 1. The van der Waals surface area contributed by atoms with E-state index in [9.17, 15) is 24.9 Å². The fourth-order valence-corrected chi connectivity index (χ4v) is 3.04. The molecule has 1 aromatic heterocycles. The SMILES string of the molecule is CC(C)[C@@](C)(C#N)NC(=O)COC(=O)c1cccnc1SCC(=O)N[C@](C)(C#N)C(C)C. The Morgan fingerprint density at radius 2 is 1.59 bits per heavy atom. The summed E-state index contributed by atoms with van der Waals surface area (Å²) in [6, 6.07) is 7.17. The third kappa shape index (κ3) is 7.24. The second-order valence-corrected chi connectivity index (χ2v) is 9.22. The van der Waals surface area contributed by atoms with Gasteiger partial charge in [0.1, 0.15) is 16.1 Å². The first-order valence-corrected chi connectivity index (χ1v) is 11.1. The highest BCUT2D eigenvalue weighted by Crippen LogP contribution is 2.22. The molecule has 0 fully saturated rings. The summed E-state index contributed by atoms with van der Waals surface area (Å²) >= 11 is 1.02. The molecule has 1 heterocycles. The fraction of sp³-hybridized carbons (Fsp3) is 0.545. The van der Waals surface area contributed by atoms with Gasteiger partial charge in [-0.1, -0.05) is 39.5 Å². The summed E-state index contributed by atoms with van der Waals surface area (Å²) in [6.07, 6.45) is 1.47. The molecular formula is C22H29N5O4S. The maximum Gasteiger partial charge on any atom is 0.341 e. The number of nitriles is 2. The van der Waals surface area contributed by atoms with Gasteiger partial charge in [0.05, 0.1) is 23.5 Å². The summed E-state index contributed by atoms with van der Waals surface area (Å²) < 4.78 is 5.08. The number of aromatic nitrogens is 1. The molecule has 0 saturated carbocycles. The minimum Gasteiger partial charge on any atom is -0.452 e. The number of ether oxygens (including phenoxy) is 1. The van der Waals surface area contributed by atoms with Gasteiger partial charge in [-0.15, -0.1) is 0 Å². The molecule has 0 unspecified atom stereocenters. The number of nitrogens with one attached hydrogen (secondary N) is 2. The van der Waals surface area contributed by atoms with E-state index in [1.54, 1.807) is 27.7 Å². The van der Waals surface area contributed by atoms with E-state index in [-0.39, 0.29) is 34.1 Å². The van der Waals surface area contributed by atoms with Crippen molar-refractivity contribution in [2.75, 3.05) is 12.4 Å². The molecule has 32 heavy (non-hydrogen) atoms. The van der Waals surface area contributed by atoms with Crippen LogP contribution in [0, 0.1) is 34.5 Å². The number of amides is 2. The number of hydrogen-bond acceptors (Lipinski definition) is 8. The molecule has 2 atom stereocenters. The lowest BCUT2D eigenvalue weighted by Crippen LogP contribution is -2.50. The van der Waals surface area contributed by atoms with E-state index in [0.29, 0.717) is 0 Å². The Labute approximate surface area is 192 Å². The molecule has 0 aliphatic carbocycles. The zero-order chi connectivity index (χ0) is 24.5. The largest absolute Gasteiger partial charge is 0.452 e. The molecule has 0 radical (unpaired) electrons. The third-order valence-electron chi connectivity index (χ3n) is 5.24. The number of carbonyl (C=O) groups is 3. The van der Waals surface area contributed by atoms with Crippen LogP contribution in [0.2, 0.25) is 0 Å². The molecule has 0 spiro atoms. The summed E-state index contributed by atoms with van der Waals surface area (Å²) in [7, 11) is 0. The maximum atomic E-state index is 12.5. The van der Waals surface area contributed by atoms with E-state index in [1.165, 1.54) is 18.3 Å². The average molecular weight is 460 g/mol. The Bertz CT molecular complexity index is 937. The molecular weight excluding hydrogens is 430 g/mol. The number of carbonyl (C=O) groups excluding carboxylic acids is 3. The summed E-state index contributed by atoms with van der Waals surface area (Å²) in [5.74, 6) is -2.04. The molecule has 1 rings (SSSR count). The quantitative estimate of drug-likeness (QED) is 0.401. The molecule has 0 aromatic carbocycles. The first-order chi connectivity index (χ1) is 14.9. The molecule has 9 nitrogen and oxygen atoms in total. The van der Waals surface area contributed by atoms with Gasteiger partial charge < -0.3 is 15.4 Å². The van der Waals surface area contributed by atoms with Crippen molar-refractivity contribution in [1.82, 2.24) is 15.6 Å². The highest BCUT2D eigenvalue weighted by Gasteiger charge is 2.31. The highest BCUT2D eigenvalue weighted by atomic mass is 32.2. The minimum absolute atomic E-state index is 0.0588. The maximum absolute atomic E-state index is 12.5. The molecule has 0 aliphatic heterocycles. The Balaban J connectivity index is 2.76. The Kier molecular flexibility index (Phi) is 9.67. The Morgan fingerprint density at radius 1 is 1.06 bits per heavy atom. The van der Waals surface area contributed by atoms with Crippen molar-refractivity contribution in [3.05, 3.63) is 23.9 Å². The van der Waals surface area contributed by atoms with Crippen LogP contribution in [0.15, 0.2) is 23.4 Å². The van der Waals surface area contributed by atoms with E-state index in [4.69, 9.17) is 4.74 Å². The van der Waals surface area contributed by atoms with Crippen molar-refractivity contribution in [1.29, 1.82) is 10.5 Å². The number of rotatable bonds is 10. The van der Waals surface area contributed by atoms with Crippen LogP contribution in [0.3, 0.4) is 0 Å². The lowest BCUT2D eigenvalue weighted by molar-refractivity contribution is -0.126. The number of hydrogen-bond donors (Lipinski definition) is 2. The predicted octanol–water partition coefficient (Wildman–Crippen LogP) is 2.44. The van der Waals surface area contributed by atoms with Gasteiger partial charge in [0.2, 0.25) is 5.91 Å². The van der Waals surface area contributed by atoms with Crippen molar-refractivity contribution in [2.24, 2.45) is 11.8 Å². The molecule has 0 saturated heterocycles.